The lowest BCUT2D eigenvalue weighted by Gasteiger charge is -2.16. The van der Waals surface area contributed by atoms with Crippen LogP contribution >= 0.6 is 0 Å². The lowest BCUT2D eigenvalue weighted by atomic mass is 10.2. The molecule has 0 radical (unpaired) electrons. The van der Waals surface area contributed by atoms with Crippen LogP contribution in [0.25, 0.3) is 0 Å². The molecule has 1 aromatic rings. The zero-order valence-electron chi connectivity index (χ0n) is 9.76. The van der Waals surface area contributed by atoms with Crippen molar-refractivity contribution in [3.05, 3.63) is 23.9 Å². The lowest BCUT2D eigenvalue weighted by Crippen LogP contribution is -2.28. The van der Waals surface area contributed by atoms with Gasteiger partial charge in [-0.05, 0) is 12.1 Å². The van der Waals surface area contributed by atoms with E-state index in [-0.39, 0.29) is 5.82 Å². The topological polar surface area (TPSA) is 67.3 Å². The van der Waals surface area contributed by atoms with Gasteiger partial charge in [-0.3, -0.25) is 9.69 Å². The summed E-state index contributed by atoms with van der Waals surface area (Å²) in [7, 11) is -4.93. The van der Waals surface area contributed by atoms with Crippen LogP contribution in [0.3, 0.4) is 0 Å². The summed E-state index contributed by atoms with van der Waals surface area (Å²) < 4.78 is 71.9. The van der Waals surface area contributed by atoms with Crippen molar-refractivity contribution in [2.75, 3.05) is 11.4 Å². The molecule has 0 N–H and O–H groups in total. The fourth-order valence-corrected chi connectivity index (χ4v) is 2.50. The number of nitrogens with zero attached hydrogens (tertiary/aromatic N) is 2. The van der Waals surface area contributed by atoms with E-state index in [1.54, 1.807) is 0 Å². The van der Waals surface area contributed by atoms with Gasteiger partial charge in [0.25, 0.3) is 0 Å². The number of amides is 1. The van der Waals surface area contributed by atoms with Crippen molar-refractivity contribution in [2.24, 2.45) is 0 Å². The van der Waals surface area contributed by atoms with Crippen LogP contribution in [0.5, 0.6) is 0 Å². The number of alkyl halides is 3. The first-order valence-corrected chi connectivity index (χ1v) is 6.81. The number of carbonyl (C=O) groups is 1. The third kappa shape index (κ3) is 2.89. The van der Waals surface area contributed by atoms with Gasteiger partial charge in [0, 0.05) is 19.2 Å². The Morgan fingerprint density at radius 1 is 1.35 bits per heavy atom. The highest BCUT2D eigenvalue weighted by Crippen LogP contribution is 2.32. The molecule has 1 amide bonds. The van der Waals surface area contributed by atoms with Gasteiger partial charge in [-0.25, -0.2) is 4.98 Å². The smallest absolute Gasteiger partial charge is 0.295 e. The normalized spacial score (nSPS) is 20.5. The molecular weight excluding hydrogens is 304 g/mol. The molecule has 2 rings (SSSR count). The standard InChI is InChI=1S/C10H8F4N2O3S/c11-10(12,13)6-1-2-15-8(3-6)16-5-7(4-9(16)17)20(14,18)19/h1-3,7H,4-5H2. The second-order valence-corrected chi connectivity index (χ2v) is 5.82. The molecular formula is C10H8F4N2O3S. The number of aromatic nitrogens is 1. The van der Waals surface area contributed by atoms with Crippen LogP contribution in [0.15, 0.2) is 18.3 Å². The molecule has 0 aliphatic carbocycles. The van der Waals surface area contributed by atoms with Gasteiger partial charge in [-0.15, -0.1) is 3.89 Å². The number of rotatable bonds is 2. The highest BCUT2D eigenvalue weighted by molar-refractivity contribution is 7.87. The van der Waals surface area contributed by atoms with Gasteiger partial charge < -0.3 is 0 Å². The first kappa shape index (κ1) is 14.7. The molecule has 1 fully saturated rings. The van der Waals surface area contributed by atoms with Crippen molar-refractivity contribution in [3.8, 4) is 0 Å². The minimum absolute atomic E-state index is 0.351. The van der Waals surface area contributed by atoms with E-state index < -0.39 is 46.1 Å². The van der Waals surface area contributed by atoms with Crippen LogP contribution in [-0.4, -0.2) is 31.1 Å². The number of carbonyl (C=O) groups excluding carboxylic acids is 1. The van der Waals surface area contributed by atoms with Gasteiger partial charge in [-0.1, -0.05) is 0 Å². The van der Waals surface area contributed by atoms with Gasteiger partial charge >= 0.3 is 16.4 Å². The lowest BCUT2D eigenvalue weighted by molar-refractivity contribution is -0.137. The van der Waals surface area contributed by atoms with Gasteiger partial charge in [0.05, 0.1) is 5.56 Å². The first-order valence-electron chi connectivity index (χ1n) is 5.36. The summed E-state index contributed by atoms with van der Waals surface area (Å²) in [6, 6.07) is 1.33. The van der Waals surface area contributed by atoms with E-state index in [1.807, 2.05) is 0 Å². The predicted molar refractivity (Wildman–Crippen MR) is 60.0 cm³/mol. The second kappa shape index (κ2) is 4.69. The minimum Gasteiger partial charge on any atom is -0.295 e. The zero-order valence-corrected chi connectivity index (χ0v) is 10.6. The van der Waals surface area contributed by atoms with Crippen molar-refractivity contribution in [1.29, 1.82) is 0 Å². The van der Waals surface area contributed by atoms with Crippen molar-refractivity contribution in [2.45, 2.75) is 17.8 Å². The summed E-state index contributed by atoms with van der Waals surface area (Å²) >= 11 is 0. The average molecular weight is 312 g/mol. The van der Waals surface area contributed by atoms with Crippen LogP contribution in [0, 0.1) is 0 Å². The van der Waals surface area contributed by atoms with Crippen molar-refractivity contribution in [3.63, 3.8) is 0 Å². The molecule has 0 spiro atoms. The third-order valence-electron chi connectivity index (χ3n) is 2.84. The third-order valence-corrected chi connectivity index (χ3v) is 3.95. The van der Waals surface area contributed by atoms with Crippen LogP contribution in [0.4, 0.5) is 22.9 Å². The highest BCUT2D eigenvalue weighted by Gasteiger charge is 2.40. The number of pyridine rings is 1. The van der Waals surface area contributed by atoms with Gasteiger partial charge in [0.15, 0.2) is 0 Å². The van der Waals surface area contributed by atoms with Crippen LogP contribution in [0.2, 0.25) is 0 Å². The Morgan fingerprint density at radius 2 is 2.00 bits per heavy atom. The quantitative estimate of drug-likeness (QED) is 0.613. The van der Waals surface area contributed by atoms with Crippen LogP contribution in [-0.2, 0) is 21.2 Å². The molecule has 1 saturated heterocycles. The Balaban J connectivity index is 2.32. The largest absolute Gasteiger partial charge is 0.416 e. The van der Waals surface area contributed by atoms with E-state index in [0.717, 1.165) is 11.1 Å². The van der Waals surface area contributed by atoms with E-state index in [0.29, 0.717) is 12.1 Å². The van der Waals surface area contributed by atoms with Crippen molar-refractivity contribution < 1.29 is 30.3 Å². The maximum Gasteiger partial charge on any atom is 0.416 e. The van der Waals surface area contributed by atoms with Gasteiger partial charge in [0.1, 0.15) is 11.1 Å². The number of hydrogen-bond donors (Lipinski definition) is 0. The molecule has 1 unspecified atom stereocenters. The number of hydrogen-bond acceptors (Lipinski definition) is 4. The molecule has 1 aromatic heterocycles. The molecule has 0 bridgehead atoms. The summed E-state index contributed by atoms with van der Waals surface area (Å²) in [6.45, 7) is -0.550. The Labute approximate surface area is 111 Å². The van der Waals surface area contributed by atoms with Gasteiger partial charge in [-0.2, -0.15) is 21.6 Å². The van der Waals surface area contributed by atoms with Crippen molar-refractivity contribution in [1.82, 2.24) is 4.98 Å². The van der Waals surface area contributed by atoms with E-state index in [9.17, 15) is 30.3 Å². The predicted octanol–water partition coefficient (Wildman–Crippen LogP) is 1.51. The molecule has 10 heteroatoms. The van der Waals surface area contributed by atoms with Gasteiger partial charge in [0.2, 0.25) is 5.91 Å². The van der Waals surface area contributed by atoms with Crippen LogP contribution in [0.1, 0.15) is 12.0 Å². The molecule has 1 aliphatic heterocycles. The molecule has 1 atom stereocenters. The van der Waals surface area contributed by atoms with Crippen LogP contribution < -0.4 is 4.90 Å². The van der Waals surface area contributed by atoms with E-state index in [1.165, 1.54) is 0 Å². The summed E-state index contributed by atoms with van der Waals surface area (Å²) in [5, 5.41) is -1.58. The minimum atomic E-state index is -4.93. The molecule has 110 valence electrons. The fraction of sp³-hybridized carbons (Fsp3) is 0.400. The summed E-state index contributed by atoms with van der Waals surface area (Å²) in [4.78, 5) is 15.9. The zero-order chi connectivity index (χ0) is 15.1. The summed E-state index contributed by atoms with van der Waals surface area (Å²) in [5.41, 5.74) is -1.03. The molecule has 0 saturated carbocycles. The summed E-state index contributed by atoms with van der Waals surface area (Å²) in [5.74, 6) is -1.14. The second-order valence-electron chi connectivity index (χ2n) is 4.21. The fourth-order valence-electron chi connectivity index (χ4n) is 1.83. The Kier molecular flexibility index (Phi) is 3.44. The first-order chi connectivity index (χ1) is 9.09. The monoisotopic (exact) mass is 312 g/mol. The van der Waals surface area contributed by atoms with E-state index in [2.05, 4.69) is 4.98 Å². The maximum atomic E-state index is 12.8. The van der Waals surface area contributed by atoms with Crippen molar-refractivity contribution >= 4 is 21.9 Å². The average Bonchev–Trinajstić information content (AvgIpc) is 2.70. The Hall–Kier alpha value is -1.71. The number of anilines is 1. The molecule has 1 aliphatic rings. The number of halogens is 4. The Bertz CT molecular complexity index is 644. The Morgan fingerprint density at radius 3 is 2.50 bits per heavy atom. The van der Waals surface area contributed by atoms with E-state index in [4.69, 9.17) is 0 Å². The maximum absolute atomic E-state index is 12.8. The molecule has 20 heavy (non-hydrogen) atoms. The molecule has 2 heterocycles. The molecule has 5 nitrogen and oxygen atoms in total. The summed E-state index contributed by atoms with van der Waals surface area (Å²) in [6.07, 6.45) is -4.38. The van der Waals surface area contributed by atoms with E-state index >= 15 is 0 Å². The molecule has 0 aromatic carbocycles. The highest BCUT2D eigenvalue weighted by atomic mass is 32.3. The SMILES string of the molecule is O=C1CC(S(=O)(=O)F)CN1c1cc(C(F)(F)F)ccn1.